The van der Waals surface area contributed by atoms with Gasteiger partial charge in [0, 0.05) is 24.2 Å². The summed E-state index contributed by atoms with van der Waals surface area (Å²) in [6, 6.07) is 3.04. The number of urea groups is 1. The van der Waals surface area contributed by atoms with Crippen LogP contribution in [0.15, 0.2) is 18.2 Å². The number of carbonyl (C=O) groups is 3. The first-order chi connectivity index (χ1) is 13.8. The summed E-state index contributed by atoms with van der Waals surface area (Å²) >= 11 is 11.9. The van der Waals surface area contributed by atoms with Crippen molar-refractivity contribution in [2.45, 2.75) is 18.6 Å². The van der Waals surface area contributed by atoms with Gasteiger partial charge >= 0.3 is 6.03 Å². The zero-order chi connectivity index (χ0) is 21.0. The average Bonchev–Trinajstić information content (AvgIpc) is 2.96. The molecule has 0 aliphatic carbocycles. The zero-order valence-electron chi connectivity index (χ0n) is 15.5. The molecule has 0 radical (unpaired) electrons. The molecular weight excluding hydrogens is 425 g/mol. The van der Waals surface area contributed by atoms with Crippen LogP contribution in [0.25, 0.3) is 0 Å². The highest BCUT2D eigenvalue weighted by molar-refractivity contribution is 6.34. The molecule has 0 spiro atoms. The number of nitrogens with one attached hydrogen (secondary N) is 1. The fourth-order valence-electron chi connectivity index (χ4n) is 3.04. The molecule has 2 fully saturated rings. The van der Waals surface area contributed by atoms with E-state index in [1.165, 1.54) is 6.07 Å². The van der Waals surface area contributed by atoms with Crippen LogP contribution in [-0.4, -0.2) is 84.4 Å². The van der Waals surface area contributed by atoms with Gasteiger partial charge in [-0.15, -0.1) is 0 Å². The Morgan fingerprint density at radius 3 is 2.76 bits per heavy atom. The van der Waals surface area contributed by atoms with E-state index in [0.29, 0.717) is 36.3 Å². The van der Waals surface area contributed by atoms with Gasteiger partial charge in [0.15, 0.2) is 0 Å². The van der Waals surface area contributed by atoms with Crippen LogP contribution in [0.5, 0.6) is 5.75 Å². The van der Waals surface area contributed by atoms with Crippen molar-refractivity contribution in [2.24, 2.45) is 0 Å². The summed E-state index contributed by atoms with van der Waals surface area (Å²) in [7, 11) is 0. The van der Waals surface area contributed by atoms with E-state index in [0.717, 1.165) is 4.90 Å². The van der Waals surface area contributed by atoms with E-state index in [1.807, 2.05) is 0 Å². The lowest BCUT2D eigenvalue weighted by Crippen LogP contribution is -2.44. The van der Waals surface area contributed by atoms with E-state index in [4.69, 9.17) is 32.7 Å². The molecule has 2 aliphatic rings. The van der Waals surface area contributed by atoms with Crippen molar-refractivity contribution in [3.63, 3.8) is 0 Å². The van der Waals surface area contributed by atoms with Gasteiger partial charge in [-0.25, -0.2) is 4.79 Å². The van der Waals surface area contributed by atoms with Crippen molar-refractivity contribution in [3.05, 3.63) is 28.2 Å². The molecule has 0 saturated carbocycles. The largest absolute Gasteiger partial charge is 0.489 e. The van der Waals surface area contributed by atoms with Gasteiger partial charge < -0.3 is 24.8 Å². The quantitative estimate of drug-likeness (QED) is 0.603. The summed E-state index contributed by atoms with van der Waals surface area (Å²) in [6.45, 7) is 1.34. The smallest absolute Gasteiger partial charge is 0.324 e. The monoisotopic (exact) mass is 445 g/mol. The number of nitrogens with zero attached hydrogens (tertiary/aromatic N) is 2. The number of morpholine rings is 1. The van der Waals surface area contributed by atoms with Gasteiger partial charge in [0.25, 0.3) is 5.91 Å². The van der Waals surface area contributed by atoms with Gasteiger partial charge in [-0.05, 0) is 12.1 Å². The summed E-state index contributed by atoms with van der Waals surface area (Å²) in [5, 5.41) is 13.4. The number of imide groups is 1. The molecule has 2 aliphatic heterocycles. The lowest BCUT2D eigenvalue weighted by atomic mass is 10.1. The number of hydrogen-bond donors (Lipinski definition) is 2. The highest BCUT2D eigenvalue weighted by Gasteiger charge is 2.40. The maximum atomic E-state index is 12.5. The minimum Gasteiger partial charge on any atom is -0.489 e. The van der Waals surface area contributed by atoms with Crippen LogP contribution in [0.3, 0.4) is 0 Å². The van der Waals surface area contributed by atoms with E-state index < -0.39 is 24.1 Å². The maximum Gasteiger partial charge on any atom is 0.324 e. The van der Waals surface area contributed by atoms with Crippen LogP contribution in [-0.2, 0) is 14.3 Å². The Kier molecular flexibility index (Phi) is 7.18. The van der Waals surface area contributed by atoms with Crippen LogP contribution in [0.1, 0.15) is 6.42 Å². The highest BCUT2D eigenvalue weighted by atomic mass is 35.5. The molecule has 1 aromatic rings. The molecule has 2 atom stereocenters. The SMILES string of the molecule is O=C(CC1NC(=O)N(CC(O)COc2cc(Cl)ccc2Cl)C1=O)N1CCOCC1. The highest BCUT2D eigenvalue weighted by Crippen LogP contribution is 2.27. The standard InChI is InChI=1S/C18H21Cl2N3O6/c19-11-1-2-13(20)15(7-11)29-10-12(24)9-23-17(26)14(21-18(23)27)8-16(25)22-3-5-28-6-4-22/h1-2,7,12,14,24H,3-6,8-10H2,(H,21,27). The number of β-amino-alcohol motifs (C(OH)–C–C–N with tert-alkyl or cyclic N) is 1. The Morgan fingerprint density at radius 2 is 2.03 bits per heavy atom. The molecular formula is C18H21Cl2N3O6. The van der Waals surface area contributed by atoms with Gasteiger partial charge in [-0.2, -0.15) is 0 Å². The number of amides is 4. The van der Waals surface area contributed by atoms with Gasteiger partial charge in [0.1, 0.15) is 24.5 Å². The molecule has 1 aromatic carbocycles. The summed E-state index contributed by atoms with van der Waals surface area (Å²) in [6.07, 6.45) is -1.28. The molecule has 9 nitrogen and oxygen atoms in total. The summed E-state index contributed by atoms with van der Waals surface area (Å²) < 4.78 is 10.6. The van der Waals surface area contributed by atoms with Crippen molar-refractivity contribution in [1.82, 2.24) is 15.1 Å². The lowest BCUT2D eigenvalue weighted by molar-refractivity contribution is -0.138. The first-order valence-electron chi connectivity index (χ1n) is 9.08. The molecule has 158 valence electrons. The predicted molar refractivity (Wildman–Crippen MR) is 104 cm³/mol. The van der Waals surface area contributed by atoms with E-state index in [1.54, 1.807) is 17.0 Å². The van der Waals surface area contributed by atoms with Crippen molar-refractivity contribution >= 4 is 41.0 Å². The Bertz CT molecular complexity index is 787. The van der Waals surface area contributed by atoms with Crippen molar-refractivity contribution in [2.75, 3.05) is 39.5 Å². The molecule has 3 rings (SSSR count). The van der Waals surface area contributed by atoms with Crippen LogP contribution in [0.2, 0.25) is 10.0 Å². The third-order valence-electron chi connectivity index (χ3n) is 4.57. The van der Waals surface area contributed by atoms with E-state index in [-0.39, 0.29) is 31.2 Å². The molecule has 29 heavy (non-hydrogen) atoms. The minimum absolute atomic E-state index is 0.133. The van der Waals surface area contributed by atoms with Crippen LogP contribution in [0.4, 0.5) is 4.79 Å². The zero-order valence-corrected chi connectivity index (χ0v) is 17.0. The molecule has 2 unspecified atom stereocenters. The molecule has 2 N–H and O–H groups in total. The lowest BCUT2D eigenvalue weighted by Gasteiger charge is -2.27. The first kappa shape index (κ1) is 21.6. The molecule has 4 amide bonds. The Morgan fingerprint density at radius 1 is 1.31 bits per heavy atom. The Hall–Kier alpha value is -2.07. The molecule has 2 saturated heterocycles. The van der Waals surface area contributed by atoms with Gasteiger partial charge in [0.05, 0.1) is 31.2 Å². The minimum atomic E-state index is -1.14. The number of ether oxygens (including phenoxy) is 2. The van der Waals surface area contributed by atoms with Gasteiger partial charge in [-0.1, -0.05) is 23.2 Å². The fraction of sp³-hybridized carbons (Fsp3) is 0.500. The third kappa shape index (κ3) is 5.51. The Balaban J connectivity index is 1.51. The normalized spacial score (nSPS) is 20.6. The summed E-state index contributed by atoms with van der Waals surface area (Å²) in [5.41, 5.74) is 0. The van der Waals surface area contributed by atoms with Crippen molar-refractivity contribution in [3.8, 4) is 5.75 Å². The Labute approximate surface area is 177 Å². The first-order valence-corrected chi connectivity index (χ1v) is 9.84. The fourth-order valence-corrected chi connectivity index (χ4v) is 3.38. The van der Waals surface area contributed by atoms with E-state index in [9.17, 15) is 19.5 Å². The van der Waals surface area contributed by atoms with Gasteiger partial charge in [-0.3, -0.25) is 14.5 Å². The van der Waals surface area contributed by atoms with Crippen LogP contribution >= 0.6 is 23.2 Å². The van der Waals surface area contributed by atoms with Crippen LogP contribution < -0.4 is 10.1 Å². The number of aliphatic hydroxyl groups excluding tert-OH is 1. The van der Waals surface area contributed by atoms with E-state index in [2.05, 4.69) is 5.32 Å². The second-order valence-corrected chi connectivity index (χ2v) is 7.53. The number of halogens is 2. The second-order valence-electron chi connectivity index (χ2n) is 6.69. The van der Waals surface area contributed by atoms with Crippen molar-refractivity contribution in [1.29, 1.82) is 0 Å². The number of benzene rings is 1. The molecule has 0 bridgehead atoms. The predicted octanol–water partition coefficient (Wildman–Crippen LogP) is 0.902. The van der Waals surface area contributed by atoms with Crippen LogP contribution in [0, 0.1) is 0 Å². The third-order valence-corrected chi connectivity index (χ3v) is 5.11. The molecule has 11 heteroatoms. The summed E-state index contributed by atoms with van der Waals surface area (Å²) in [5.74, 6) is -0.505. The van der Waals surface area contributed by atoms with Crippen molar-refractivity contribution < 1.29 is 29.0 Å². The van der Waals surface area contributed by atoms with E-state index >= 15 is 0 Å². The molecule has 2 heterocycles. The topological polar surface area (TPSA) is 108 Å². The second kappa shape index (κ2) is 9.62. The number of rotatable bonds is 7. The number of hydrogen-bond acceptors (Lipinski definition) is 6. The van der Waals surface area contributed by atoms with Gasteiger partial charge in [0.2, 0.25) is 5.91 Å². The summed E-state index contributed by atoms with van der Waals surface area (Å²) in [4.78, 5) is 39.4. The maximum absolute atomic E-state index is 12.5. The number of aliphatic hydroxyl groups is 1. The number of carbonyl (C=O) groups excluding carboxylic acids is 3. The average molecular weight is 446 g/mol. The molecule has 0 aromatic heterocycles.